The van der Waals surface area contributed by atoms with E-state index in [1.807, 2.05) is 49.4 Å². The zero-order chi connectivity index (χ0) is 26.2. The van der Waals surface area contributed by atoms with Gasteiger partial charge in [0.1, 0.15) is 18.0 Å². The maximum absolute atomic E-state index is 12.5. The van der Waals surface area contributed by atoms with Crippen molar-refractivity contribution in [2.24, 2.45) is 0 Å². The molecule has 4 rings (SSSR count). The molecule has 1 N–H and O–H groups in total. The van der Waals surface area contributed by atoms with Gasteiger partial charge in [0.15, 0.2) is 0 Å². The van der Waals surface area contributed by atoms with Crippen molar-refractivity contribution in [1.82, 2.24) is 24.9 Å². The Balaban J connectivity index is 1.40. The molecule has 0 aliphatic rings. The molecule has 0 spiro atoms. The number of para-hydroxylation sites is 1. The molecule has 0 atom stereocenters. The van der Waals surface area contributed by atoms with Gasteiger partial charge in [-0.05, 0) is 55.5 Å². The minimum atomic E-state index is -0.414. The second-order valence-corrected chi connectivity index (χ2v) is 8.00. The normalized spacial score (nSPS) is 10.6. The van der Waals surface area contributed by atoms with Gasteiger partial charge in [0.25, 0.3) is 11.1 Å². The van der Waals surface area contributed by atoms with Crippen molar-refractivity contribution in [1.29, 1.82) is 0 Å². The lowest BCUT2D eigenvalue weighted by atomic mass is 10.1. The summed E-state index contributed by atoms with van der Waals surface area (Å²) >= 11 is 0. The molecule has 2 aromatic carbocycles. The number of benzene rings is 2. The summed E-state index contributed by atoms with van der Waals surface area (Å²) < 4.78 is 13.2. The topological polar surface area (TPSA) is 117 Å². The highest BCUT2D eigenvalue weighted by Gasteiger charge is 2.11. The minimum Gasteiger partial charge on any atom is -0.496 e. The molecular weight excluding hydrogens is 474 g/mol. The predicted octanol–water partition coefficient (Wildman–Crippen LogP) is 2.36. The molecule has 0 saturated heterocycles. The first-order valence-electron chi connectivity index (χ1n) is 11.8. The Bertz CT molecular complexity index is 1490. The molecule has 0 bridgehead atoms. The van der Waals surface area contributed by atoms with Crippen molar-refractivity contribution in [3.05, 3.63) is 93.5 Å². The van der Waals surface area contributed by atoms with Gasteiger partial charge in [0, 0.05) is 29.8 Å². The van der Waals surface area contributed by atoms with Crippen molar-refractivity contribution in [2.45, 2.75) is 20.0 Å². The van der Waals surface area contributed by atoms with E-state index in [0.29, 0.717) is 29.3 Å². The highest BCUT2D eigenvalue weighted by molar-refractivity contribution is 5.75. The van der Waals surface area contributed by atoms with Crippen molar-refractivity contribution < 1.29 is 14.3 Å². The van der Waals surface area contributed by atoms with E-state index >= 15 is 0 Å². The highest BCUT2D eigenvalue weighted by Crippen LogP contribution is 2.27. The molecule has 0 aliphatic heterocycles. The van der Waals surface area contributed by atoms with Crippen LogP contribution in [-0.4, -0.2) is 45.7 Å². The van der Waals surface area contributed by atoms with Crippen LogP contribution in [0.15, 0.2) is 82.4 Å². The molecule has 0 unspecified atom stereocenters. The van der Waals surface area contributed by atoms with E-state index in [4.69, 9.17) is 9.47 Å². The second kappa shape index (κ2) is 11.8. The van der Waals surface area contributed by atoms with Crippen LogP contribution in [0, 0.1) is 0 Å². The van der Waals surface area contributed by atoms with Gasteiger partial charge in [-0.2, -0.15) is 10.2 Å². The second-order valence-electron chi connectivity index (χ2n) is 8.00. The molecule has 4 aromatic rings. The third-order valence-corrected chi connectivity index (χ3v) is 5.52. The van der Waals surface area contributed by atoms with Gasteiger partial charge >= 0.3 is 0 Å². The molecule has 1 amide bonds. The Labute approximate surface area is 213 Å². The Morgan fingerprint density at radius 2 is 1.54 bits per heavy atom. The fraction of sp³-hybridized carbons (Fsp3) is 0.222. The molecular formula is C27H27N5O5. The van der Waals surface area contributed by atoms with Gasteiger partial charge < -0.3 is 14.8 Å². The van der Waals surface area contributed by atoms with Crippen molar-refractivity contribution in [3.63, 3.8) is 0 Å². The quantitative estimate of drug-likeness (QED) is 0.354. The molecule has 0 radical (unpaired) electrons. The maximum atomic E-state index is 12.5. The molecule has 37 heavy (non-hydrogen) atoms. The summed E-state index contributed by atoms with van der Waals surface area (Å²) in [5.41, 5.74) is 1.98. The monoisotopic (exact) mass is 501 g/mol. The van der Waals surface area contributed by atoms with Crippen molar-refractivity contribution in [2.75, 3.05) is 20.3 Å². The summed E-state index contributed by atoms with van der Waals surface area (Å²) in [5, 5.41) is 11.4. The first-order chi connectivity index (χ1) is 18.0. The van der Waals surface area contributed by atoms with E-state index in [0.717, 1.165) is 16.0 Å². The lowest BCUT2D eigenvalue weighted by molar-refractivity contribution is -0.121. The third-order valence-electron chi connectivity index (χ3n) is 5.52. The van der Waals surface area contributed by atoms with Crippen LogP contribution < -0.4 is 25.9 Å². The molecule has 0 fully saturated rings. The molecule has 190 valence electrons. The van der Waals surface area contributed by atoms with Gasteiger partial charge in [0.05, 0.1) is 31.6 Å². The average molecular weight is 502 g/mol. The van der Waals surface area contributed by atoms with Crippen LogP contribution in [0.1, 0.15) is 6.92 Å². The summed E-state index contributed by atoms with van der Waals surface area (Å²) in [7, 11) is 1.55. The first kappa shape index (κ1) is 25.4. The fourth-order valence-corrected chi connectivity index (χ4v) is 3.71. The Kier molecular flexibility index (Phi) is 8.09. The number of carbonyl (C=O) groups is 1. The number of hydrogen-bond donors (Lipinski definition) is 1. The van der Waals surface area contributed by atoms with Crippen LogP contribution in [0.4, 0.5) is 0 Å². The smallest absolute Gasteiger partial charge is 0.267 e. The summed E-state index contributed by atoms with van der Waals surface area (Å²) in [6, 6.07) is 20.7. The van der Waals surface area contributed by atoms with Gasteiger partial charge in [-0.15, -0.1) is 0 Å². The van der Waals surface area contributed by atoms with Gasteiger partial charge in [-0.3, -0.25) is 14.4 Å². The number of hydrogen-bond acceptors (Lipinski definition) is 7. The molecule has 2 aromatic heterocycles. The standard InChI is InChI=1S/C27H27N5O5/c1-3-37-20-10-8-19(9-11-20)22-12-14-26(34)31(29-22)17-16-28-25(33)18-32-27(35)15-13-23(30-32)21-6-4-5-7-24(21)36-2/h4-15H,3,16-18H2,1-2H3,(H,28,33). The number of methoxy groups -OCH3 is 1. The van der Waals surface area contributed by atoms with Crippen LogP contribution in [-0.2, 0) is 17.9 Å². The summed E-state index contributed by atoms with van der Waals surface area (Å²) in [5.74, 6) is 0.946. The molecule has 2 heterocycles. The molecule has 0 saturated carbocycles. The van der Waals surface area contributed by atoms with E-state index < -0.39 is 11.5 Å². The number of carbonyl (C=O) groups excluding carboxylic acids is 1. The number of ether oxygens (including phenoxy) is 2. The average Bonchev–Trinajstić information content (AvgIpc) is 2.91. The van der Waals surface area contributed by atoms with Crippen molar-refractivity contribution >= 4 is 5.91 Å². The van der Waals surface area contributed by atoms with E-state index in [1.165, 1.54) is 16.8 Å². The van der Waals surface area contributed by atoms with E-state index in [-0.39, 0.29) is 25.2 Å². The fourth-order valence-electron chi connectivity index (χ4n) is 3.71. The third kappa shape index (κ3) is 6.29. The number of nitrogens with zero attached hydrogens (tertiary/aromatic N) is 4. The van der Waals surface area contributed by atoms with Gasteiger partial charge in [0.2, 0.25) is 5.91 Å². The number of aromatic nitrogens is 4. The Hall–Kier alpha value is -4.73. The number of rotatable bonds is 10. The Morgan fingerprint density at radius 1 is 0.865 bits per heavy atom. The van der Waals surface area contributed by atoms with E-state index in [9.17, 15) is 14.4 Å². The predicted molar refractivity (Wildman–Crippen MR) is 139 cm³/mol. The summed E-state index contributed by atoms with van der Waals surface area (Å²) in [6.45, 7) is 2.54. The molecule has 10 nitrogen and oxygen atoms in total. The van der Waals surface area contributed by atoms with Gasteiger partial charge in [-0.25, -0.2) is 9.36 Å². The van der Waals surface area contributed by atoms with Crippen LogP contribution >= 0.6 is 0 Å². The van der Waals surface area contributed by atoms with Crippen LogP contribution in [0.2, 0.25) is 0 Å². The van der Waals surface area contributed by atoms with E-state index in [2.05, 4.69) is 15.5 Å². The van der Waals surface area contributed by atoms with Crippen LogP contribution in [0.3, 0.4) is 0 Å². The Morgan fingerprint density at radius 3 is 2.27 bits per heavy atom. The SMILES string of the molecule is CCOc1ccc(-c2ccc(=O)n(CCNC(=O)Cn3nc(-c4ccccc4OC)ccc3=O)n2)cc1. The summed E-state index contributed by atoms with van der Waals surface area (Å²) in [6.07, 6.45) is 0. The highest BCUT2D eigenvalue weighted by atomic mass is 16.5. The molecule has 0 aliphatic carbocycles. The van der Waals surface area contributed by atoms with Crippen LogP contribution in [0.25, 0.3) is 22.5 Å². The van der Waals surface area contributed by atoms with E-state index in [1.54, 1.807) is 25.3 Å². The summed E-state index contributed by atoms with van der Waals surface area (Å²) in [4.78, 5) is 37.1. The largest absolute Gasteiger partial charge is 0.496 e. The minimum absolute atomic E-state index is 0.152. The molecule has 10 heteroatoms. The lowest BCUT2D eigenvalue weighted by Crippen LogP contribution is -2.36. The number of nitrogens with one attached hydrogen (secondary N) is 1. The lowest BCUT2D eigenvalue weighted by Gasteiger charge is -2.11. The first-order valence-corrected chi connectivity index (χ1v) is 11.8. The van der Waals surface area contributed by atoms with Gasteiger partial charge in [-0.1, -0.05) is 12.1 Å². The van der Waals surface area contributed by atoms with Crippen LogP contribution in [0.5, 0.6) is 11.5 Å². The number of amides is 1. The van der Waals surface area contributed by atoms with Crippen molar-refractivity contribution in [3.8, 4) is 34.0 Å². The zero-order valence-electron chi connectivity index (χ0n) is 20.6. The maximum Gasteiger partial charge on any atom is 0.267 e. The zero-order valence-corrected chi connectivity index (χ0v) is 20.6.